The van der Waals surface area contributed by atoms with E-state index in [1.807, 2.05) is 0 Å². The zero-order valence-electron chi connectivity index (χ0n) is 11.4. The first kappa shape index (κ1) is 13.9. The zero-order valence-corrected chi connectivity index (χ0v) is 11.4. The number of hydrogen-bond donors (Lipinski definition) is 1. The second-order valence-corrected chi connectivity index (χ2v) is 5.40. The second-order valence-electron chi connectivity index (χ2n) is 5.40. The van der Waals surface area contributed by atoms with E-state index >= 15 is 0 Å². The fourth-order valence-electron chi connectivity index (χ4n) is 2.30. The lowest BCUT2D eigenvalue weighted by Crippen LogP contribution is -2.47. The Labute approximate surface area is 101 Å². The van der Waals surface area contributed by atoms with Gasteiger partial charge in [-0.3, -0.25) is 0 Å². The highest BCUT2D eigenvalue weighted by Gasteiger charge is 2.33. The average Bonchev–Trinajstić information content (AvgIpc) is 2.27. The van der Waals surface area contributed by atoms with Crippen LogP contribution in [0.15, 0.2) is 0 Å². The molecule has 1 rings (SSSR count). The van der Waals surface area contributed by atoms with Gasteiger partial charge in [-0.15, -0.1) is 0 Å². The summed E-state index contributed by atoms with van der Waals surface area (Å²) in [6.45, 7) is 11.9. The van der Waals surface area contributed by atoms with Crippen molar-refractivity contribution in [2.75, 3.05) is 39.9 Å². The Morgan fingerprint density at radius 2 is 1.94 bits per heavy atom. The molecule has 0 aromatic heterocycles. The van der Waals surface area contributed by atoms with Crippen LogP contribution in [0.1, 0.15) is 33.6 Å². The van der Waals surface area contributed by atoms with Crippen molar-refractivity contribution in [3.63, 3.8) is 0 Å². The molecule has 0 aromatic rings. The van der Waals surface area contributed by atoms with E-state index < -0.39 is 0 Å². The highest BCUT2D eigenvalue weighted by atomic mass is 16.5. The van der Waals surface area contributed by atoms with Crippen LogP contribution in [-0.4, -0.2) is 50.8 Å². The molecule has 1 aliphatic rings. The molecule has 0 aromatic carbocycles. The summed E-state index contributed by atoms with van der Waals surface area (Å²) in [7, 11) is 2.23. The van der Waals surface area contributed by atoms with Crippen LogP contribution >= 0.6 is 0 Å². The summed E-state index contributed by atoms with van der Waals surface area (Å²) in [6.07, 6.45) is 2.38. The number of rotatable bonds is 6. The normalized spacial score (nSPS) is 20.6. The molecule has 16 heavy (non-hydrogen) atoms. The topological polar surface area (TPSA) is 24.5 Å². The van der Waals surface area contributed by atoms with Gasteiger partial charge in [-0.05, 0) is 45.7 Å². The summed E-state index contributed by atoms with van der Waals surface area (Å²) in [6, 6.07) is 0.626. The summed E-state index contributed by atoms with van der Waals surface area (Å²) >= 11 is 0. The second kappa shape index (κ2) is 6.58. The molecule has 1 saturated heterocycles. The Morgan fingerprint density at radius 3 is 2.44 bits per heavy atom. The third kappa shape index (κ3) is 4.04. The Hall–Kier alpha value is -0.120. The van der Waals surface area contributed by atoms with E-state index in [1.54, 1.807) is 0 Å². The summed E-state index contributed by atoms with van der Waals surface area (Å²) in [5.74, 6) is 0. The van der Waals surface area contributed by atoms with E-state index in [9.17, 15) is 0 Å². The molecule has 0 bridgehead atoms. The van der Waals surface area contributed by atoms with Gasteiger partial charge in [0.1, 0.15) is 0 Å². The van der Waals surface area contributed by atoms with E-state index in [1.165, 1.54) is 19.4 Å². The summed E-state index contributed by atoms with van der Waals surface area (Å²) in [4.78, 5) is 2.46. The van der Waals surface area contributed by atoms with Crippen LogP contribution in [-0.2, 0) is 4.74 Å². The molecule has 0 aliphatic carbocycles. The molecule has 1 N–H and O–H groups in total. The van der Waals surface area contributed by atoms with Crippen LogP contribution in [0.25, 0.3) is 0 Å². The van der Waals surface area contributed by atoms with Gasteiger partial charge in [0.25, 0.3) is 0 Å². The first-order valence-electron chi connectivity index (χ1n) is 6.58. The van der Waals surface area contributed by atoms with Gasteiger partial charge in [-0.1, -0.05) is 6.92 Å². The van der Waals surface area contributed by atoms with Gasteiger partial charge < -0.3 is 15.0 Å². The predicted molar refractivity (Wildman–Crippen MR) is 68.8 cm³/mol. The third-order valence-corrected chi connectivity index (χ3v) is 3.77. The van der Waals surface area contributed by atoms with Crippen molar-refractivity contribution in [2.45, 2.75) is 39.7 Å². The maximum atomic E-state index is 5.50. The van der Waals surface area contributed by atoms with Crippen LogP contribution in [0.4, 0.5) is 0 Å². The minimum atomic E-state index is 0.424. The fraction of sp³-hybridized carbons (Fsp3) is 1.00. The Bertz CT molecular complexity index is 188. The molecule has 1 aliphatic heterocycles. The standard InChI is InChI=1S/C13H28N2O/c1-5-14-10-13(6-8-16-9-7-13)11-15(4)12(2)3/h12,14H,5-11H2,1-4H3. The van der Waals surface area contributed by atoms with Crippen LogP contribution in [0.5, 0.6) is 0 Å². The Morgan fingerprint density at radius 1 is 1.31 bits per heavy atom. The first-order valence-corrected chi connectivity index (χ1v) is 6.58. The van der Waals surface area contributed by atoms with Gasteiger partial charge in [0.2, 0.25) is 0 Å². The van der Waals surface area contributed by atoms with Crippen LogP contribution < -0.4 is 5.32 Å². The van der Waals surface area contributed by atoms with Crippen molar-refractivity contribution in [1.29, 1.82) is 0 Å². The minimum absolute atomic E-state index is 0.424. The van der Waals surface area contributed by atoms with Crippen molar-refractivity contribution >= 4 is 0 Å². The lowest BCUT2D eigenvalue weighted by atomic mass is 9.79. The van der Waals surface area contributed by atoms with Crippen molar-refractivity contribution in [3.8, 4) is 0 Å². The van der Waals surface area contributed by atoms with Crippen LogP contribution in [0.2, 0.25) is 0 Å². The monoisotopic (exact) mass is 228 g/mol. The van der Waals surface area contributed by atoms with Crippen LogP contribution in [0, 0.1) is 5.41 Å². The summed E-state index contributed by atoms with van der Waals surface area (Å²) in [5.41, 5.74) is 0.424. The zero-order chi connectivity index (χ0) is 12.0. The third-order valence-electron chi connectivity index (χ3n) is 3.77. The van der Waals surface area contributed by atoms with E-state index in [-0.39, 0.29) is 0 Å². The van der Waals surface area contributed by atoms with Gasteiger partial charge in [-0.25, -0.2) is 0 Å². The lowest BCUT2D eigenvalue weighted by molar-refractivity contribution is -0.00436. The lowest BCUT2D eigenvalue weighted by Gasteiger charge is -2.41. The minimum Gasteiger partial charge on any atom is -0.381 e. The fourth-order valence-corrected chi connectivity index (χ4v) is 2.30. The SMILES string of the molecule is CCNCC1(CN(C)C(C)C)CCOCC1. The molecule has 0 amide bonds. The summed E-state index contributed by atoms with van der Waals surface area (Å²) < 4.78 is 5.50. The van der Waals surface area contributed by atoms with Crippen molar-refractivity contribution in [2.24, 2.45) is 5.41 Å². The largest absolute Gasteiger partial charge is 0.381 e. The smallest absolute Gasteiger partial charge is 0.0472 e. The number of nitrogens with zero attached hydrogens (tertiary/aromatic N) is 1. The van der Waals surface area contributed by atoms with Crippen LogP contribution in [0.3, 0.4) is 0 Å². The first-order chi connectivity index (χ1) is 7.59. The average molecular weight is 228 g/mol. The van der Waals surface area contributed by atoms with E-state index in [0.29, 0.717) is 11.5 Å². The van der Waals surface area contributed by atoms with Crippen molar-refractivity contribution in [1.82, 2.24) is 10.2 Å². The molecule has 0 spiro atoms. The Kier molecular flexibility index (Phi) is 5.73. The molecule has 3 heteroatoms. The quantitative estimate of drug-likeness (QED) is 0.749. The molecule has 0 unspecified atom stereocenters. The molecular formula is C13H28N2O. The number of hydrogen-bond acceptors (Lipinski definition) is 3. The molecule has 96 valence electrons. The Balaban J connectivity index is 2.54. The van der Waals surface area contributed by atoms with E-state index in [0.717, 1.165) is 26.3 Å². The van der Waals surface area contributed by atoms with Gasteiger partial charge >= 0.3 is 0 Å². The van der Waals surface area contributed by atoms with Gasteiger partial charge in [0, 0.05) is 32.3 Å². The van der Waals surface area contributed by atoms with Gasteiger partial charge in [-0.2, -0.15) is 0 Å². The van der Waals surface area contributed by atoms with E-state index in [2.05, 4.69) is 38.0 Å². The van der Waals surface area contributed by atoms with Crippen molar-refractivity contribution in [3.05, 3.63) is 0 Å². The molecule has 0 radical (unpaired) electrons. The molecule has 1 fully saturated rings. The molecule has 3 nitrogen and oxygen atoms in total. The van der Waals surface area contributed by atoms with Crippen molar-refractivity contribution < 1.29 is 4.74 Å². The maximum Gasteiger partial charge on any atom is 0.0472 e. The highest BCUT2D eigenvalue weighted by molar-refractivity contribution is 4.87. The molecule has 0 atom stereocenters. The number of ether oxygens (including phenoxy) is 1. The number of nitrogens with one attached hydrogen (secondary N) is 1. The molecule has 0 saturated carbocycles. The van der Waals surface area contributed by atoms with Gasteiger partial charge in [0.15, 0.2) is 0 Å². The van der Waals surface area contributed by atoms with E-state index in [4.69, 9.17) is 4.74 Å². The molecule has 1 heterocycles. The maximum absolute atomic E-state index is 5.50. The predicted octanol–water partition coefficient (Wildman–Crippen LogP) is 1.73. The highest BCUT2D eigenvalue weighted by Crippen LogP contribution is 2.31. The summed E-state index contributed by atoms with van der Waals surface area (Å²) in [5, 5.41) is 3.52. The molecular weight excluding hydrogens is 200 g/mol. The van der Waals surface area contributed by atoms with Gasteiger partial charge in [0.05, 0.1) is 0 Å².